The molecule has 2 aromatic rings. The summed E-state index contributed by atoms with van der Waals surface area (Å²) < 4.78 is 0. The van der Waals surface area contributed by atoms with Crippen LogP contribution in [0.4, 0.5) is 5.69 Å². The molecule has 1 aromatic heterocycles. The maximum absolute atomic E-state index is 12.3. The Morgan fingerprint density at radius 3 is 2.05 bits per heavy atom. The van der Waals surface area contributed by atoms with E-state index in [0.717, 1.165) is 5.56 Å². The number of benzene rings is 1. The van der Waals surface area contributed by atoms with Gasteiger partial charge in [-0.25, -0.2) is 0 Å². The molecule has 1 aliphatic heterocycles. The van der Waals surface area contributed by atoms with Crippen LogP contribution < -0.4 is 0 Å². The molecule has 0 fully saturated rings. The second-order valence-corrected chi connectivity index (χ2v) is 9.18. The topological polar surface area (TPSA) is 178 Å². The summed E-state index contributed by atoms with van der Waals surface area (Å²) in [6, 6.07) is 10.4. The van der Waals surface area contributed by atoms with E-state index in [0.29, 0.717) is 24.4 Å². The predicted octanol–water partition coefficient (Wildman–Crippen LogP) is 1.16. The van der Waals surface area contributed by atoms with Crippen molar-refractivity contribution in [3.05, 3.63) is 69.5 Å². The number of carbonyl (C=O) groups is 3. The lowest BCUT2D eigenvalue weighted by atomic mass is 10.0. The second-order valence-electron chi connectivity index (χ2n) is 9.18. The van der Waals surface area contributed by atoms with Crippen LogP contribution in [-0.2, 0) is 33.9 Å². The molecule has 13 heteroatoms. The van der Waals surface area contributed by atoms with Crippen LogP contribution in [0, 0.1) is 10.1 Å². The first-order chi connectivity index (χ1) is 18.1. The number of aromatic nitrogens is 1. The van der Waals surface area contributed by atoms with Gasteiger partial charge in [0.2, 0.25) is 0 Å². The highest BCUT2D eigenvalue weighted by Gasteiger charge is 2.27. The van der Waals surface area contributed by atoms with Crippen LogP contribution in [0.15, 0.2) is 42.5 Å². The highest BCUT2D eigenvalue weighted by atomic mass is 16.6. The second kappa shape index (κ2) is 13.6. The summed E-state index contributed by atoms with van der Waals surface area (Å²) in [6.07, 6.45) is 0.611. The van der Waals surface area contributed by atoms with E-state index in [-0.39, 0.29) is 57.9 Å². The lowest BCUT2D eigenvalue weighted by molar-refractivity contribution is -0.384. The molecule has 1 aromatic carbocycles. The first-order valence-electron chi connectivity index (χ1n) is 12.1. The highest BCUT2D eigenvalue weighted by molar-refractivity contribution is 5.73. The highest BCUT2D eigenvalue weighted by Crippen LogP contribution is 2.18. The number of rotatable bonds is 10. The molecule has 3 rings (SSSR count). The molecule has 2 heterocycles. The lowest BCUT2D eigenvalue weighted by Crippen LogP contribution is -2.47. The van der Waals surface area contributed by atoms with Gasteiger partial charge in [0.05, 0.1) is 29.4 Å². The molecule has 38 heavy (non-hydrogen) atoms. The zero-order valence-electron chi connectivity index (χ0n) is 20.8. The molecule has 1 unspecified atom stereocenters. The van der Waals surface area contributed by atoms with Gasteiger partial charge in [-0.05, 0) is 30.5 Å². The van der Waals surface area contributed by atoms with Gasteiger partial charge in [-0.1, -0.05) is 18.2 Å². The SMILES string of the molecule is O=C(O)CN1CCN(CC(=O)O)Cc2cccc(n2)CN(C(CCc2ccc([N+](=O)[O-])cc2)C(=O)O)CC1. The zero-order valence-corrected chi connectivity index (χ0v) is 20.8. The Bertz CT molecular complexity index is 1140. The fourth-order valence-electron chi connectivity index (χ4n) is 4.46. The molecule has 0 amide bonds. The predicted molar refractivity (Wildman–Crippen MR) is 134 cm³/mol. The van der Waals surface area contributed by atoms with E-state index in [9.17, 15) is 39.8 Å². The van der Waals surface area contributed by atoms with Crippen molar-refractivity contribution in [1.82, 2.24) is 19.7 Å². The van der Waals surface area contributed by atoms with Gasteiger partial charge in [0.1, 0.15) is 6.04 Å². The van der Waals surface area contributed by atoms with Crippen LogP contribution >= 0.6 is 0 Å². The third kappa shape index (κ3) is 8.87. The molecule has 2 bridgehead atoms. The van der Waals surface area contributed by atoms with Gasteiger partial charge in [0.25, 0.3) is 5.69 Å². The third-order valence-corrected chi connectivity index (χ3v) is 6.35. The summed E-state index contributed by atoms with van der Waals surface area (Å²) in [5, 5.41) is 39.7. The number of hydrogen-bond donors (Lipinski definition) is 3. The first kappa shape index (κ1) is 28.6. The Labute approximate surface area is 219 Å². The van der Waals surface area contributed by atoms with E-state index in [1.54, 1.807) is 45.0 Å². The van der Waals surface area contributed by atoms with Gasteiger partial charge < -0.3 is 15.3 Å². The van der Waals surface area contributed by atoms with E-state index >= 15 is 0 Å². The molecule has 13 nitrogen and oxygen atoms in total. The monoisotopic (exact) mass is 529 g/mol. The molecular weight excluding hydrogens is 498 g/mol. The van der Waals surface area contributed by atoms with Crippen LogP contribution in [0.25, 0.3) is 0 Å². The Kier molecular flexibility index (Phi) is 10.2. The fourth-order valence-corrected chi connectivity index (χ4v) is 4.46. The largest absolute Gasteiger partial charge is 0.480 e. The number of nitro groups is 1. The van der Waals surface area contributed by atoms with E-state index in [1.165, 1.54) is 12.1 Å². The minimum atomic E-state index is -1.03. The molecule has 0 radical (unpaired) electrons. The van der Waals surface area contributed by atoms with Crippen LogP contribution in [-0.4, -0.2) is 103 Å². The van der Waals surface area contributed by atoms with Crippen LogP contribution in [0.1, 0.15) is 23.4 Å². The summed E-state index contributed by atoms with van der Waals surface area (Å²) in [4.78, 5) is 55.3. The van der Waals surface area contributed by atoms with Crippen molar-refractivity contribution >= 4 is 23.6 Å². The maximum Gasteiger partial charge on any atom is 0.320 e. The summed E-state index contributed by atoms with van der Waals surface area (Å²) in [6.45, 7) is 1.06. The van der Waals surface area contributed by atoms with Gasteiger partial charge in [-0.3, -0.25) is 44.2 Å². The molecule has 0 saturated carbocycles. The van der Waals surface area contributed by atoms with Crippen molar-refractivity contribution < 1.29 is 34.6 Å². The van der Waals surface area contributed by atoms with Gasteiger partial charge >= 0.3 is 17.9 Å². The standard InChI is InChI=1S/C25H31N5O8/c31-23(32)16-27-10-11-28(17-24(33)34)14-19-2-1-3-20(26-19)15-29(13-12-27)22(25(35)36)9-6-18-4-7-21(8-5-18)30(37)38/h1-5,7-8,22H,6,9-17H2,(H,31,32)(H,33,34)(H,35,36). The van der Waals surface area contributed by atoms with E-state index in [2.05, 4.69) is 4.98 Å². The van der Waals surface area contributed by atoms with E-state index in [1.807, 2.05) is 0 Å². The van der Waals surface area contributed by atoms with Gasteiger partial charge in [-0.2, -0.15) is 0 Å². The minimum Gasteiger partial charge on any atom is -0.480 e. The summed E-state index contributed by atoms with van der Waals surface area (Å²) >= 11 is 0. The van der Waals surface area contributed by atoms with Crippen molar-refractivity contribution in [3.8, 4) is 0 Å². The molecule has 1 aliphatic rings. The molecule has 3 N–H and O–H groups in total. The quantitative estimate of drug-likeness (QED) is 0.296. The molecule has 0 spiro atoms. The maximum atomic E-state index is 12.3. The smallest absolute Gasteiger partial charge is 0.320 e. The molecule has 1 atom stereocenters. The van der Waals surface area contributed by atoms with Crippen molar-refractivity contribution in [1.29, 1.82) is 0 Å². The molecule has 0 saturated heterocycles. The minimum absolute atomic E-state index is 0.0435. The molecular formula is C25H31N5O8. The molecule has 0 aliphatic carbocycles. The lowest BCUT2D eigenvalue weighted by Gasteiger charge is -2.33. The first-order valence-corrected chi connectivity index (χ1v) is 12.1. The van der Waals surface area contributed by atoms with Crippen LogP contribution in [0.2, 0.25) is 0 Å². The number of pyridine rings is 1. The van der Waals surface area contributed by atoms with Crippen molar-refractivity contribution in [2.24, 2.45) is 0 Å². The number of carboxylic acid groups (broad SMARTS) is 3. The normalized spacial score (nSPS) is 16.6. The summed E-state index contributed by atoms with van der Waals surface area (Å²) in [7, 11) is 0. The number of nitro benzene ring substituents is 1. The number of hydrogen-bond acceptors (Lipinski definition) is 9. The number of carboxylic acids is 3. The number of aliphatic carboxylic acids is 3. The number of nitrogens with zero attached hydrogens (tertiary/aromatic N) is 5. The Morgan fingerprint density at radius 2 is 1.45 bits per heavy atom. The van der Waals surface area contributed by atoms with Crippen molar-refractivity contribution in [3.63, 3.8) is 0 Å². The summed E-state index contributed by atoms with van der Waals surface area (Å²) in [5.74, 6) is -3.07. The number of non-ortho nitro benzene ring substituents is 1. The van der Waals surface area contributed by atoms with Gasteiger partial charge in [-0.15, -0.1) is 0 Å². The Balaban J connectivity index is 1.84. The van der Waals surface area contributed by atoms with Crippen LogP contribution in [0.5, 0.6) is 0 Å². The number of aryl methyl sites for hydroxylation is 1. The van der Waals surface area contributed by atoms with Crippen molar-refractivity contribution in [2.45, 2.75) is 32.0 Å². The van der Waals surface area contributed by atoms with Gasteiger partial charge in [0, 0.05) is 51.4 Å². The zero-order chi connectivity index (χ0) is 27.7. The van der Waals surface area contributed by atoms with E-state index in [4.69, 9.17) is 0 Å². The summed E-state index contributed by atoms with van der Waals surface area (Å²) in [5.41, 5.74) is 1.97. The Hall–Kier alpha value is -3.94. The van der Waals surface area contributed by atoms with Crippen molar-refractivity contribution in [2.75, 3.05) is 39.3 Å². The fraction of sp³-hybridized carbons (Fsp3) is 0.440. The number of fused-ring (bicyclic) bond motifs is 2. The van der Waals surface area contributed by atoms with Crippen LogP contribution in [0.3, 0.4) is 0 Å². The van der Waals surface area contributed by atoms with Gasteiger partial charge in [0.15, 0.2) is 0 Å². The third-order valence-electron chi connectivity index (χ3n) is 6.35. The van der Waals surface area contributed by atoms with E-state index < -0.39 is 28.9 Å². The average molecular weight is 530 g/mol. The Morgan fingerprint density at radius 1 is 0.868 bits per heavy atom. The molecule has 204 valence electrons. The average Bonchev–Trinajstić information content (AvgIpc) is 2.84.